The Balaban J connectivity index is 1.40. The molecule has 0 saturated heterocycles. The van der Waals surface area contributed by atoms with Gasteiger partial charge in [0.15, 0.2) is 0 Å². The summed E-state index contributed by atoms with van der Waals surface area (Å²) in [6.07, 6.45) is 1.81. The van der Waals surface area contributed by atoms with Crippen LogP contribution in [0.5, 0.6) is 11.5 Å². The van der Waals surface area contributed by atoms with Crippen LogP contribution in [-0.2, 0) is 19.4 Å². The van der Waals surface area contributed by atoms with Crippen molar-refractivity contribution in [1.29, 1.82) is 0 Å². The number of hydrogen-bond acceptors (Lipinski definition) is 4. The van der Waals surface area contributed by atoms with Crippen LogP contribution in [0.4, 0.5) is 10.5 Å². The molecule has 0 bridgehead atoms. The van der Waals surface area contributed by atoms with Gasteiger partial charge in [0.05, 0.1) is 20.3 Å². The summed E-state index contributed by atoms with van der Waals surface area (Å²) >= 11 is 0. The summed E-state index contributed by atoms with van der Waals surface area (Å²) in [6.45, 7) is 0.402. The van der Waals surface area contributed by atoms with Crippen molar-refractivity contribution in [3.05, 3.63) is 77.4 Å². The summed E-state index contributed by atoms with van der Waals surface area (Å²) in [5.74, 6) is 1.53. The number of anilines is 1. The molecule has 3 aromatic rings. The highest BCUT2D eigenvalue weighted by molar-refractivity contribution is 5.90. The second-order valence-corrected chi connectivity index (χ2v) is 7.91. The monoisotopic (exact) mass is 432 g/mol. The van der Waals surface area contributed by atoms with Gasteiger partial charge in [-0.3, -0.25) is 0 Å². The molecule has 166 valence electrons. The minimum atomic E-state index is -0.352. The third-order valence-corrected chi connectivity index (χ3v) is 5.83. The first-order valence-corrected chi connectivity index (χ1v) is 10.7. The molecule has 2 amide bonds. The molecule has 3 aromatic carbocycles. The third kappa shape index (κ3) is 4.86. The molecule has 1 atom stereocenters. The topological polar surface area (TPSA) is 79.8 Å². The Hall–Kier alpha value is -3.51. The Kier molecular flexibility index (Phi) is 6.61. The second kappa shape index (κ2) is 9.75. The van der Waals surface area contributed by atoms with Crippen molar-refractivity contribution in [2.75, 3.05) is 19.5 Å². The van der Waals surface area contributed by atoms with Gasteiger partial charge in [-0.1, -0.05) is 36.4 Å². The molecule has 0 aliphatic heterocycles. The lowest BCUT2D eigenvalue weighted by atomic mass is 9.88. The number of carbonyl (C=O) groups is 1. The van der Waals surface area contributed by atoms with Gasteiger partial charge in [0, 0.05) is 24.2 Å². The maximum atomic E-state index is 12.5. The average molecular weight is 433 g/mol. The highest BCUT2D eigenvalue weighted by Gasteiger charge is 2.19. The molecule has 3 N–H and O–H groups in total. The number of rotatable bonds is 6. The first-order valence-electron chi connectivity index (χ1n) is 10.7. The van der Waals surface area contributed by atoms with E-state index in [9.17, 15) is 9.90 Å². The number of methoxy groups -OCH3 is 2. The molecular formula is C26H28N2O4. The summed E-state index contributed by atoms with van der Waals surface area (Å²) in [6, 6.07) is 19.3. The zero-order valence-corrected chi connectivity index (χ0v) is 18.4. The molecule has 6 heteroatoms. The van der Waals surface area contributed by atoms with Gasteiger partial charge in [-0.15, -0.1) is 0 Å². The van der Waals surface area contributed by atoms with Crippen molar-refractivity contribution in [1.82, 2.24) is 5.32 Å². The fourth-order valence-corrected chi connectivity index (χ4v) is 4.08. The van der Waals surface area contributed by atoms with E-state index < -0.39 is 0 Å². The van der Waals surface area contributed by atoms with Gasteiger partial charge >= 0.3 is 6.03 Å². The minimum Gasteiger partial charge on any atom is -0.497 e. The van der Waals surface area contributed by atoms with E-state index in [1.807, 2.05) is 54.6 Å². The molecule has 1 aliphatic rings. The Bertz CT molecular complexity index is 1100. The van der Waals surface area contributed by atoms with E-state index in [0.717, 1.165) is 52.3 Å². The molecule has 1 aliphatic carbocycles. The SMILES string of the molecule is COc1ccc(OC)c(-c2ccc(CNC(=O)Nc3cccc4c3CC(O)CC4)cc2)c1. The number of ether oxygens (including phenoxy) is 2. The van der Waals surface area contributed by atoms with Crippen LogP contribution in [0.3, 0.4) is 0 Å². The summed E-state index contributed by atoms with van der Waals surface area (Å²) in [4.78, 5) is 12.5. The van der Waals surface area contributed by atoms with E-state index in [4.69, 9.17) is 9.47 Å². The number of benzene rings is 3. The summed E-state index contributed by atoms with van der Waals surface area (Å²) in [7, 11) is 3.28. The highest BCUT2D eigenvalue weighted by Crippen LogP contribution is 2.33. The normalized spacial score (nSPS) is 14.9. The zero-order chi connectivity index (χ0) is 22.5. The number of hydrogen-bond donors (Lipinski definition) is 3. The van der Waals surface area contributed by atoms with Crippen molar-refractivity contribution in [3.8, 4) is 22.6 Å². The van der Waals surface area contributed by atoms with Crippen LogP contribution < -0.4 is 20.1 Å². The number of aliphatic hydroxyl groups excluding tert-OH is 1. The Labute approximate surface area is 188 Å². The van der Waals surface area contributed by atoms with Crippen molar-refractivity contribution in [2.24, 2.45) is 0 Å². The van der Waals surface area contributed by atoms with E-state index in [1.165, 1.54) is 5.56 Å². The lowest BCUT2D eigenvalue weighted by Crippen LogP contribution is -2.29. The Morgan fingerprint density at radius 2 is 1.88 bits per heavy atom. The maximum absolute atomic E-state index is 12.5. The van der Waals surface area contributed by atoms with Crippen LogP contribution in [0.15, 0.2) is 60.7 Å². The summed E-state index contributed by atoms with van der Waals surface area (Å²) in [5, 5.41) is 15.8. The van der Waals surface area contributed by atoms with Crippen molar-refractivity contribution < 1.29 is 19.4 Å². The van der Waals surface area contributed by atoms with Gasteiger partial charge in [-0.2, -0.15) is 0 Å². The first-order chi connectivity index (χ1) is 15.6. The molecule has 0 heterocycles. The van der Waals surface area contributed by atoms with Crippen LogP contribution in [0, 0.1) is 0 Å². The van der Waals surface area contributed by atoms with Gasteiger partial charge in [0.1, 0.15) is 11.5 Å². The van der Waals surface area contributed by atoms with Crippen LogP contribution in [0.2, 0.25) is 0 Å². The molecule has 1 unspecified atom stereocenters. The Morgan fingerprint density at radius 1 is 1.06 bits per heavy atom. The lowest BCUT2D eigenvalue weighted by Gasteiger charge is -2.23. The number of aryl methyl sites for hydroxylation is 1. The molecule has 0 radical (unpaired) electrons. The number of fused-ring (bicyclic) bond motifs is 1. The van der Waals surface area contributed by atoms with Crippen molar-refractivity contribution >= 4 is 11.7 Å². The fourth-order valence-electron chi connectivity index (χ4n) is 4.08. The van der Waals surface area contributed by atoms with Gasteiger partial charge in [0.25, 0.3) is 0 Å². The molecule has 32 heavy (non-hydrogen) atoms. The van der Waals surface area contributed by atoms with Crippen LogP contribution in [0.25, 0.3) is 11.1 Å². The molecule has 0 spiro atoms. The predicted octanol–water partition coefficient (Wildman–Crippen LogP) is 4.54. The number of carbonyl (C=O) groups excluding carboxylic acids is 1. The largest absolute Gasteiger partial charge is 0.497 e. The van der Waals surface area contributed by atoms with Gasteiger partial charge in [0.2, 0.25) is 0 Å². The molecule has 0 saturated carbocycles. The number of urea groups is 1. The third-order valence-electron chi connectivity index (χ3n) is 5.83. The van der Waals surface area contributed by atoms with Gasteiger partial charge < -0.3 is 25.2 Å². The number of aliphatic hydroxyl groups is 1. The molecular weight excluding hydrogens is 404 g/mol. The number of amides is 2. The highest BCUT2D eigenvalue weighted by atomic mass is 16.5. The Morgan fingerprint density at radius 3 is 2.62 bits per heavy atom. The van der Waals surface area contributed by atoms with Crippen LogP contribution in [-0.4, -0.2) is 31.5 Å². The van der Waals surface area contributed by atoms with E-state index in [2.05, 4.69) is 16.7 Å². The van der Waals surface area contributed by atoms with E-state index in [-0.39, 0.29) is 12.1 Å². The van der Waals surface area contributed by atoms with Gasteiger partial charge in [-0.25, -0.2) is 4.79 Å². The first kappa shape index (κ1) is 21.7. The van der Waals surface area contributed by atoms with E-state index in [1.54, 1.807) is 14.2 Å². The predicted molar refractivity (Wildman–Crippen MR) is 125 cm³/mol. The van der Waals surface area contributed by atoms with Crippen molar-refractivity contribution in [3.63, 3.8) is 0 Å². The smallest absolute Gasteiger partial charge is 0.319 e. The quantitative estimate of drug-likeness (QED) is 0.534. The van der Waals surface area contributed by atoms with Crippen molar-refractivity contribution in [2.45, 2.75) is 31.9 Å². The van der Waals surface area contributed by atoms with Crippen LogP contribution in [0.1, 0.15) is 23.1 Å². The zero-order valence-electron chi connectivity index (χ0n) is 18.4. The van der Waals surface area contributed by atoms with Gasteiger partial charge in [-0.05, 0) is 59.4 Å². The second-order valence-electron chi connectivity index (χ2n) is 7.91. The van der Waals surface area contributed by atoms with E-state index >= 15 is 0 Å². The van der Waals surface area contributed by atoms with E-state index in [0.29, 0.717) is 13.0 Å². The molecule has 0 fully saturated rings. The molecule has 4 rings (SSSR count). The molecule has 0 aromatic heterocycles. The minimum absolute atomic E-state index is 0.267. The average Bonchev–Trinajstić information content (AvgIpc) is 2.83. The fraction of sp³-hybridized carbons (Fsp3) is 0.269. The summed E-state index contributed by atoms with van der Waals surface area (Å²) < 4.78 is 10.8. The maximum Gasteiger partial charge on any atom is 0.319 e. The number of nitrogens with one attached hydrogen (secondary N) is 2. The molecule has 6 nitrogen and oxygen atoms in total. The standard InChI is InChI=1S/C26H28N2O4/c1-31-21-12-13-25(32-2)23(15-21)19-8-6-17(7-9-19)16-27-26(30)28-24-5-3-4-18-10-11-20(29)14-22(18)24/h3-9,12-13,15,20,29H,10-11,14,16H2,1-2H3,(H2,27,28,30). The summed E-state index contributed by atoms with van der Waals surface area (Å²) in [5.41, 5.74) is 5.91. The van der Waals surface area contributed by atoms with Crippen LogP contribution >= 0.6 is 0 Å². The lowest BCUT2D eigenvalue weighted by molar-refractivity contribution is 0.159.